The Hall–Kier alpha value is -7.06. The maximum absolute atomic E-state index is 2.41. The summed E-state index contributed by atoms with van der Waals surface area (Å²) in [4.78, 5) is 4.81. The zero-order valence-corrected chi connectivity index (χ0v) is 37.4. The van der Waals surface area contributed by atoms with Gasteiger partial charge in [-0.25, -0.2) is 0 Å². The lowest BCUT2D eigenvalue weighted by molar-refractivity contribution is 1.30. The summed E-state index contributed by atoms with van der Waals surface area (Å²) in [5.74, 6) is 0. The van der Waals surface area contributed by atoms with Crippen LogP contribution in [-0.2, 0) is 0 Å². The largest absolute Gasteiger partial charge is 0.310 e. The van der Waals surface area contributed by atoms with E-state index in [2.05, 4.69) is 216 Å². The molecule has 6 heteroatoms. The molecular formula is C58H34N2S4. The molecule has 14 aromatic rings. The van der Waals surface area contributed by atoms with Crippen LogP contribution in [0.5, 0.6) is 0 Å². The Balaban J connectivity index is 0.891. The van der Waals surface area contributed by atoms with E-state index >= 15 is 0 Å². The second-order valence-corrected chi connectivity index (χ2v) is 20.7. The van der Waals surface area contributed by atoms with Gasteiger partial charge >= 0.3 is 0 Å². The first kappa shape index (κ1) is 36.4. The van der Waals surface area contributed by atoms with E-state index in [4.69, 9.17) is 0 Å². The Morgan fingerprint density at radius 2 is 0.531 bits per heavy atom. The third-order valence-corrected chi connectivity index (χ3v) is 17.5. The highest BCUT2D eigenvalue weighted by molar-refractivity contribution is 7.28. The predicted molar refractivity (Wildman–Crippen MR) is 285 cm³/mol. The van der Waals surface area contributed by atoms with Crippen LogP contribution in [0.2, 0.25) is 0 Å². The van der Waals surface area contributed by atoms with Crippen LogP contribution in [0.15, 0.2) is 206 Å². The molecule has 0 aliphatic carbocycles. The molecule has 0 aliphatic rings. The molecule has 0 amide bonds. The molecule has 0 N–H and O–H groups in total. The fourth-order valence-corrected chi connectivity index (χ4v) is 14.6. The van der Waals surface area contributed by atoms with Crippen molar-refractivity contribution >= 4 is 171 Å². The lowest BCUT2D eigenvalue weighted by Crippen LogP contribution is -2.09. The Morgan fingerprint density at radius 1 is 0.203 bits per heavy atom. The van der Waals surface area contributed by atoms with Gasteiger partial charge in [0.2, 0.25) is 0 Å². The number of benzene rings is 10. The third-order valence-electron chi connectivity index (χ3n) is 12.8. The molecule has 0 unspecified atom stereocenters. The molecule has 2 nitrogen and oxygen atoms in total. The number of anilines is 6. The van der Waals surface area contributed by atoms with E-state index < -0.39 is 0 Å². The molecule has 0 spiro atoms. The van der Waals surface area contributed by atoms with Crippen LogP contribution < -0.4 is 9.80 Å². The number of fused-ring (bicyclic) bond motifs is 15. The summed E-state index contributed by atoms with van der Waals surface area (Å²) in [6.07, 6.45) is 0. The predicted octanol–water partition coefficient (Wildman–Crippen LogP) is 19.3. The maximum Gasteiger partial charge on any atom is 0.0476 e. The van der Waals surface area contributed by atoms with Gasteiger partial charge in [0.15, 0.2) is 0 Å². The molecule has 0 atom stereocenters. The Morgan fingerprint density at radius 3 is 0.984 bits per heavy atom. The lowest BCUT2D eigenvalue weighted by atomic mass is 10.0. The second-order valence-electron chi connectivity index (χ2n) is 16.4. The smallest absolute Gasteiger partial charge is 0.0476 e. The van der Waals surface area contributed by atoms with E-state index in [1.165, 1.54) is 91.5 Å². The van der Waals surface area contributed by atoms with E-state index in [1.54, 1.807) is 0 Å². The van der Waals surface area contributed by atoms with Crippen molar-refractivity contribution in [2.45, 2.75) is 0 Å². The van der Waals surface area contributed by atoms with E-state index in [0.29, 0.717) is 0 Å². The SMILES string of the molecule is c1ccc(N(c2ccc3c(c2)sc2c3ccc3c2ccc2c4ccc(N(c5ccccc5)c5ccc6sc7ccccc7c6c5)cc4sc23)c2ccc3sc4ccccc4c3c2)cc1. The Bertz CT molecular complexity index is 3890. The van der Waals surface area contributed by atoms with Gasteiger partial charge in [0.1, 0.15) is 0 Å². The number of nitrogens with zero attached hydrogens (tertiary/aromatic N) is 2. The fraction of sp³-hybridized carbons (Fsp3) is 0. The lowest BCUT2D eigenvalue weighted by Gasteiger charge is -2.25. The molecule has 10 aromatic carbocycles. The highest BCUT2D eigenvalue weighted by atomic mass is 32.1. The number of hydrogen-bond donors (Lipinski definition) is 0. The van der Waals surface area contributed by atoms with Gasteiger partial charge in [-0.15, -0.1) is 45.3 Å². The van der Waals surface area contributed by atoms with E-state index in [-0.39, 0.29) is 0 Å². The van der Waals surface area contributed by atoms with Crippen LogP contribution in [0.3, 0.4) is 0 Å². The van der Waals surface area contributed by atoms with Gasteiger partial charge in [-0.1, -0.05) is 109 Å². The average molecular weight is 887 g/mol. The van der Waals surface area contributed by atoms with Crippen LogP contribution in [0.25, 0.3) is 91.5 Å². The van der Waals surface area contributed by atoms with Gasteiger partial charge < -0.3 is 9.80 Å². The number of thiophene rings is 4. The van der Waals surface area contributed by atoms with Crippen molar-refractivity contribution in [2.75, 3.05) is 9.80 Å². The molecule has 64 heavy (non-hydrogen) atoms. The molecular weight excluding hydrogens is 853 g/mol. The summed E-state index contributed by atoms with van der Waals surface area (Å²) in [6, 6.07) is 76.4. The average Bonchev–Trinajstić information content (AvgIpc) is 4.12. The van der Waals surface area contributed by atoms with Crippen LogP contribution in [0.4, 0.5) is 34.1 Å². The fourth-order valence-electron chi connectivity index (χ4n) is 9.88. The number of hydrogen-bond acceptors (Lipinski definition) is 6. The van der Waals surface area contributed by atoms with Crippen molar-refractivity contribution in [3.05, 3.63) is 206 Å². The van der Waals surface area contributed by atoms with Crippen molar-refractivity contribution in [3.8, 4) is 0 Å². The first-order valence-electron chi connectivity index (χ1n) is 21.5. The minimum Gasteiger partial charge on any atom is -0.310 e. The van der Waals surface area contributed by atoms with E-state index in [1.807, 2.05) is 45.3 Å². The molecule has 4 heterocycles. The van der Waals surface area contributed by atoms with Gasteiger partial charge in [0, 0.05) is 126 Å². The molecule has 0 saturated carbocycles. The molecule has 300 valence electrons. The molecule has 14 rings (SSSR count). The minimum absolute atomic E-state index is 1.15. The van der Waals surface area contributed by atoms with Crippen LogP contribution in [0.1, 0.15) is 0 Å². The molecule has 4 aromatic heterocycles. The molecule has 0 fully saturated rings. The zero-order valence-electron chi connectivity index (χ0n) is 34.2. The second kappa shape index (κ2) is 14.2. The normalized spacial score (nSPS) is 12.1. The van der Waals surface area contributed by atoms with Gasteiger partial charge in [-0.05, 0) is 97.1 Å². The molecule has 0 radical (unpaired) electrons. The molecule has 0 saturated heterocycles. The summed E-state index contributed by atoms with van der Waals surface area (Å²) in [5, 5.41) is 13.1. The topological polar surface area (TPSA) is 6.48 Å². The van der Waals surface area contributed by atoms with E-state index in [0.717, 1.165) is 34.1 Å². The van der Waals surface area contributed by atoms with Crippen molar-refractivity contribution in [3.63, 3.8) is 0 Å². The minimum atomic E-state index is 1.15. The number of para-hydroxylation sites is 2. The highest BCUT2D eigenvalue weighted by Gasteiger charge is 2.20. The number of rotatable bonds is 6. The van der Waals surface area contributed by atoms with Crippen molar-refractivity contribution < 1.29 is 0 Å². The van der Waals surface area contributed by atoms with Gasteiger partial charge in [0.25, 0.3) is 0 Å². The van der Waals surface area contributed by atoms with E-state index in [9.17, 15) is 0 Å². The molecule has 0 bridgehead atoms. The van der Waals surface area contributed by atoms with Gasteiger partial charge in [-0.3, -0.25) is 0 Å². The highest BCUT2D eigenvalue weighted by Crippen LogP contribution is 2.48. The quantitative estimate of drug-likeness (QED) is 0.164. The van der Waals surface area contributed by atoms with Gasteiger partial charge in [-0.2, -0.15) is 0 Å². The summed E-state index contributed by atoms with van der Waals surface area (Å²) in [5.41, 5.74) is 6.92. The standard InChI is InChI=1S/C58H34N2S4/c1-3-11-35(12-4-1)59(37-21-29-53-49(31-37)41-15-7-9-17-51(41)61-53)39-19-23-43-45-25-27-48-47(57(45)63-55(43)33-39)28-26-46-44-24-20-40(34-56(44)64-58(46)48)60(36-13-5-2-6-14-36)38-22-30-54-50(32-38)42-16-8-10-18-52(42)62-54/h1-34H. The van der Waals surface area contributed by atoms with Crippen LogP contribution in [-0.4, -0.2) is 0 Å². The van der Waals surface area contributed by atoms with Crippen molar-refractivity contribution in [1.82, 2.24) is 0 Å². The summed E-state index contributed by atoms with van der Waals surface area (Å²) in [7, 11) is 0. The zero-order chi connectivity index (χ0) is 41.9. The monoisotopic (exact) mass is 886 g/mol. The van der Waals surface area contributed by atoms with Crippen molar-refractivity contribution in [1.29, 1.82) is 0 Å². The molecule has 0 aliphatic heterocycles. The summed E-state index contributed by atoms with van der Waals surface area (Å²) >= 11 is 7.55. The Labute approximate surface area is 384 Å². The first-order valence-corrected chi connectivity index (χ1v) is 24.7. The third kappa shape index (κ3) is 5.60. The maximum atomic E-state index is 2.41. The van der Waals surface area contributed by atoms with Gasteiger partial charge in [0.05, 0.1) is 0 Å². The first-order chi connectivity index (χ1) is 31.7. The summed E-state index contributed by atoms with van der Waals surface area (Å²) in [6.45, 7) is 0. The van der Waals surface area contributed by atoms with Crippen LogP contribution >= 0.6 is 45.3 Å². The van der Waals surface area contributed by atoms with Crippen LogP contribution in [0, 0.1) is 0 Å². The Kier molecular flexibility index (Phi) is 8.10. The van der Waals surface area contributed by atoms with Crippen molar-refractivity contribution in [2.24, 2.45) is 0 Å². The summed E-state index contributed by atoms with van der Waals surface area (Å²) < 4.78 is 10.5.